The van der Waals surface area contributed by atoms with Crippen molar-refractivity contribution in [2.45, 2.75) is 13.5 Å². The van der Waals surface area contributed by atoms with E-state index in [0.717, 1.165) is 17.9 Å². The summed E-state index contributed by atoms with van der Waals surface area (Å²) >= 11 is 0. The third-order valence-electron chi connectivity index (χ3n) is 2.69. The summed E-state index contributed by atoms with van der Waals surface area (Å²) in [5.41, 5.74) is 0.847. The van der Waals surface area contributed by atoms with Crippen LogP contribution in [0.3, 0.4) is 0 Å². The van der Waals surface area contributed by atoms with E-state index in [2.05, 4.69) is 16.9 Å². The summed E-state index contributed by atoms with van der Waals surface area (Å²) in [7, 11) is 1.66. The molecule has 0 amide bonds. The quantitative estimate of drug-likeness (QED) is 0.694. The average Bonchev–Trinajstić information content (AvgIpc) is 2.41. The van der Waals surface area contributed by atoms with Crippen molar-refractivity contribution in [3.8, 4) is 0 Å². The predicted molar refractivity (Wildman–Crippen MR) is 75.9 cm³/mol. The van der Waals surface area contributed by atoms with Crippen LogP contribution in [-0.4, -0.2) is 38.3 Å². The van der Waals surface area contributed by atoms with Crippen LogP contribution < -0.4 is 10.2 Å². The van der Waals surface area contributed by atoms with Gasteiger partial charge in [0.15, 0.2) is 0 Å². The Labute approximate surface area is 114 Å². The maximum absolute atomic E-state index is 13.3. The Morgan fingerprint density at radius 1 is 1.58 bits per heavy atom. The van der Waals surface area contributed by atoms with Crippen molar-refractivity contribution in [3.05, 3.63) is 36.3 Å². The van der Waals surface area contributed by atoms with Crippen molar-refractivity contribution in [1.29, 1.82) is 0 Å². The van der Waals surface area contributed by atoms with Gasteiger partial charge in [-0.3, -0.25) is 0 Å². The number of pyridine rings is 1. The van der Waals surface area contributed by atoms with Crippen molar-refractivity contribution in [2.75, 3.05) is 38.3 Å². The molecule has 1 N–H and O–H groups in total. The highest BCUT2D eigenvalue weighted by atomic mass is 19.1. The standard InChI is InChI=1S/C14H22FN3O/c1-4-6-18(7-8-19-3)14-12(10-16-5-2)9-13(15)11-17-14/h4,9,11,16H,1,5-8,10H2,2-3H3. The van der Waals surface area contributed by atoms with Gasteiger partial charge in [0.2, 0.25) is 0 Å². The Balaban J connectivity index is 2.94. The number of hydrogen-bond donors (Lipinski definition) is 1. The fraction of sp³-hybridized carbons (Fsp3) is 0.500. The third-order valence-corrected chi connectivity index (χ3v) is 2.69. The summed E-state index contributed by atoms with van der Waals surface area (Å²) in [6.07, 6.45) is 3.05. The van der Waals surface area contributed by atoms with Gasteiger partial charge < -0.3 is 15.0 Å². The highest BCUT2D eigenvalue weighted by Gasteiger charge is 2.12. The molecule has 106 valence electrons. The molecule has 0 spiro atoms. The van der Waals surface area contributed by atoms with E-state index in [1.165, 1.54) is 12.3 Å². The van der Waals surface area contributed by atoms with Crippen LogP contribution in [0.25, 0.3) is 0 Å². The minimum atomic E-state index is -0.318. The molecule has 1 aromatic rings. The second-order valence-electron chi connectivity index (χ2n) is 4.14. The number of halogens is 1. The molecule has 0 aliphatic heterocycles. The Bertz CT molecular complexity index is 398. The van der Waals surface area contributed by atoms with Gasteiger partial charge >= 0.3 is 0 Å². The first-order valence-corrected chi connectivity index (χ1v) is 6.42. The van der Waals surface area contributed by atoms with Gasteiger partial charge in [0.1, 0.15) is 11.6 Å². The van der Waals surface area contributed by atoms with Crippen LogP contribution in [0.1, 0.15) is 12.5 Å². The van der Waals surface area contributed by atoms with E-state index in [1.807, 2.05) is 11.8 Å². The molecule has 1 heterocycles. The van der Waals surface area contributed by atoms with E-state index in [-0.39, 0.29) is 5.82 Å². The van der Waals surface area contributed by atoms with Crippen molar-refractivity contribution >= 4 is 5.82 Å². The first-order valence-electron chi connectivity index (χ1n) is 6.42. The second-order valence-corrected chi connectivity index (χ2v) is 4.14. The summed E-state index contributed by atoms with van der Waals surface area (Å²) in [4.78, 5) is 6.24. The smallest absolute Gasteiger partial charge is 0.141 e. The van der Waals surface area contributed by atoms with Crippen molar-refractivity contribution in [2.24, 2.45) is 0 Å². The molecule has 0 saturated heterocycles. The lowest BCUT2D eigenvalue weighted by atomic mass is 10.2. The van der Waals surface area contributed by atoms with Gasteiger partial charge in [0.05, 0.1) is 12.8 Å². The third kappa shape index (κ3) is 4.96. The highest BCUT2D eigenvalue weighted by Crippen LogP contribution is 2.18. The lowest BCUT2D eigenvalue weighted by Gasteiger charge is -2.24. The zero-order valence-electron chi connectivity index (χ0n) is 11.7. The second kappa shape index (κ2) is 8.61. The van der Waals surface area contributed by atoms with Gasteiger partial charge in [-0.25, -0.2) is 9.37 Å². The Kier molecular flexibility index (Phi) is 7.07. The number of nitrogens with one attached hydrogen (secondary N) is 1. The zero-order chi connectivity index (χ0) is 14.1. The molecular weight excluding hydrogens is 245 g/mol. The molecule has 0 radical (unpaired) electrons. The number of anilines is 1. The molecule has 0 aliphatic rings. The number of methoxy groups -OCH3 is 1. The topological polar surface area (TPSA) is 37.4 Å². The maximum Gasteiger partial charge on any atom is 0.141 e. The van der Waals surface area contributed by atoms with E-state index in [9.17, 15) is 4.39 Å². The molecule has 0 saturated carbocycles. The Hall–Kier alpha value is -1.46. The van der Waals surface area contributed by atoms with Gasteiger partial charge in [-0.1, -0.05) is 13.0 Å². The molecule has 1 rings (SSSR count). The first-order chi connectivity index (χ1) is 9.22. The van der Waals surface area contributed by atoms with E-state index in [1.54, 1.807) is 13.2 Å². The van der Waals surface area contributed by atoms with Crippen LogP contribution in [-0.2, 0) is 11.3 Å². The van der Waals surface area contributed by atoms with Crippen molar-refractivity contribution in [1.82, 2.24) is 10.3 Å². The van der Waals surface area contributed by atoms with Gasteiger partial charge in [-0.2, -0.15) is 0 Å². The van der Waals surface area contributed by atoms with Crippen molar-refractivity contribution in [3.63, 3.8) is 0 Å². The number of nitrogens with zero attached hydrogens (tertiary/aromatic N) is 2. The van der Waals surface area contributed by atoms with Crippen LogP contribution >= 0.6 is 0 Å². The number of aromatic nitrogens is 1. The van der Waals surface area contributed by atoms with E-state index in [0.29, 0.717) is 26.2 Å². The van der Waals surface area contributed by atoms with Crippen LogP contribution in [0, 0.1) is 5.82 Å². The largest absolute Gasteiger partial charge is 0.383 e. The molecular formula is C14H22FN3O. The minimum absolute atomic E-state index is 0.318. The van der Waals surface area contributed by atoms with Crippen LogP contribution in [0.2, 0.25) is 0 Å². The molecule has 0 fully saturated rings. The molecule has 5 heteroatoms. The first kappa shape index (κ1) is 15.6. The summed E-state index contributed by atoms with van der Waals surface area (Å²) in [5, 5.41) is 3.19. The fourth-order valence-corrected chi connectivity index (χ4v) is 1.79. The van der Waals surface area contributed by atoms with E-state index < -0.39 is 0 Å². The zero-order valence-corrected chi connectivity index (χ0v) is 11.7. The van der Waals surface area contributed by atoms with E-state index in [4.69, 9.17) is 4.74 Å². The number of ether oxygens (including phenoxy) is 1. The molecule has 19 heavy (non-hydrogen) atoms. The lowest BCUT2D eigenvalue weighted by molar-refractivity contribution is 0.205. The molecule has 0 atom stereocenters. The van der Waals surface area contributed by atoms with Crippen LogP contribution in [0.5, 0.6) is 0 Å². The summed E-state index contributed by atoms with van der Waals surface area (Å²) < 4.78 is 18.4. The molecule has 0 bridgehead atoms. The SMILES string of the molecule is C=CCN(CCOC)c1ncc(F)cc1CNCC. The Morgan fingerprint density at radius 3 is 3.00 bits per heavy atom. The summed E-state index contributed by atoms with van der Waals surface area (Å²) in [6, 6.07) is 1.52. The van der Waals surface area contributed by atoms with Crippen molar-refractivity contribution < 1.29 is 9.13 Å². The molecule has 4 nitrogen and oxygen atoms in total. The maximum atomic E-state index is 13.3. The molecule has 1 aromatic heterocycles. The molecule has 0 aliphatic carbocycles. The number of hydrogen-bond acceptors (Lipinski definition) is 4. The average molecular weight is 267 g/mol. The normalized spacial score (nSPS) is 10.5. The monoisotopic (exact) mass is 267 g/mol. The van der Waals surface area contributed by atoms with Gasteiger partial charge in [-0.15, -0.1) is 6.58 Å². The fourth-order valence-electron chi connectivity index (χ4n) is 1.79. The molecule has 0 unspecified atom stereocenters. The molecule has 0 aromatic carbocycles. The van der Waals surface area contributed by atoms with Crippen LogP contribution in [0.15, 0.2) is 24.9 Å². The highest BCUT2D eigenvalue weighted by molar-refractivity contribution is 5.47. The summed E-state index contributed by atoms with van der Waals surface area (Å²) in [5.74, 6) is 0.459. The lowest BCUT2D eigenvalue weighted by Crippen LogP contribution is -2.30. The van der Waals surface area contributed by atoms with E-state index >= 15 is 0 Å². The number of rotatable bonds is 9. The van der Waals surface area contributed by atoms with Gasteiger partial charge in [0.25, 0.3) is 0 Å². The summed E-state index contributed by atoms with van der Waals surface area (Å²) in [6.45, 7) is 9.12. The minimum Gasteiger partial charge on any atom is -0.383 e. The van der Waals surface area contributed by atoms with Crippen LogP contribution in [0.4, 0.5) is 10.2 Å². The Morgan fingerprint density at radius 2 is 2.37 bits per heavy atom. The van der Waals surface area contributed by atoms with Gasteiger partial charge in [-0.05, 0) is 12.6 Å². The predicted octanol–water partition coefficient (Wildman–Crippen LogP) is 1.97. The van der Waals surface area contributed by atoms with Gasteiger partial charge in [0, 0.05) is 32.3 Å².